The molecule has 0 aliphatic carbocycles. The molecule has 0 amide bonds. The Hall–Kier alpha value is -0.240. The molecule has 0 rings (SSSR count). The van der Waals surface area contributed by atoms with E-state index in [1.165, 1.54) is 0 Å². The highest BCUT2D eigenvalue weighted by molar-refractivity contribution is 4.79. The fourth-order valence-corrected chi connectivity index (χ4v) is 0.671. The van der Waals surface area contributed by atoms with Gasteiger partial charge in [0.25, 0.3) is 0 Å². The molecule has 0 aromatic rings. The summed E-state index contributed by atoms with van der Waals surface area (Å²) in [5.74, 6) is 0. The van der Waals surface area contributed by atoms with Crippen molar-refractivity contribution in [3.8, 4) is 0 Å². The first-order valence-corrected chi connectivity index (χ1v) is 3.48. The van der Waals surface area contributed by atoms with Crippen LogP contribution in [0.25, 0.3) is 0 Å². The second kappa shape index (κ2) is 5.41. The summed E-state index contributed by atoms with van der Waals surface area (Å²) in [5.41, 5.74) is 0. The molecule has 6 nitrogen and oxygen atoms in total. The third-order valence-corrected chi connectivity index (χ3v) is 1.51. The van der Waals surface area contributed by atoms with Crippen molar-refractivity contribution in [3.05, 3.63) is 0 Å². The zero-order valence-corrected chi connectivity index (χ0v) is 6.41. The molecular weight excluding hydrogens is 174 g/mol. The van der Waals surface area contributed by atoms with Crippen molar-refractivity contribution < 1.29 is 30.6 Å². The van der Waals surface area contributed by atoms with Crippen LogP contribution in [-0.2, 0) is 0 Å². The van der Waals surface area contributed by atoms with Gasteiger partial charge in [0.05, 0.1) is 13.2 Å². The van der Waals surface area contributed by atoms with Crippen LogP contribution in [0.3, 0.4) is 0 Å². The molecule has 0 aromatic heterocycles. The quantitative estimate of drug-likeness (QED) is 0.248. The van der Waals surface area contributed by atoms with Crippen LogP contribution in [0.4, 0.5) is 0 Å². The Bertz CT molecular complexity index is 105. The van der Waals surface area contributed by atoms with Gasteiger partial charge in [-0.3, -0.25) is 0 Å². The van der Waals surface area contributed by atoms with E-state index in [9.17, 15) is 0 Å². The van der Waals surface area contributed by atoms with Crippen LogP contribution in [0.5, 0.6) is 0 Å². The number of aliphatic hydroxyl groups is 6. The average molecular weight is 188 g/mol. The largest absolute Gasteiger partial charge is 0.394 e. The highest BCUT2D eigenvalue weighted by Gasteiger charge is 2.29. The molecule has 0 aromatic carbocycles. The van der Waals surface area contributed by atoms with Crippen LogP contribution in [-0.4, -0.2) is 68.3 Å². The van der Waals surface area contributed by atoms with Gasteiger partial charge in [-0.05, 0) is 0 Å². The Balaban J connectivity index is 3.99. The zero-order chi connectivity index (χ0) is 9.72. The molecule has 0 aliphatic heterocycles. The van der Waals surface area contributed by atoms with Gasteiger partial charge in [0.15, 0.2) is 0 Å². The summed E-state index contributed by atoms with van der Waals surface area (Å²) < 4.78 is 0. The van der Waals surface area contributed by atoms with Crippen molar-refractivity contribution in [2.45, 2.75) is 24.4 Å². The molecule has 0 radical (unpaired) electrons. The van der Waals surface area contributed by atoms with Crippen LogP contribution in [0.2, 0.25) is 0 Å². The minimum absolute atomic E-state index is 0.726. The topological polar surface area (TPSA) is 121 Å². The number of rotatable bonds is 5. The first-order valence-electron chi connectivity index (χ1n) is 3.48. The van der Waals surface area contributed by atoms with E-state index in [2.05, 4.69) is 0 Å². The first kappa shape index (κ1) is 11.8. The van der Waals surface area contributed by atoms with E-state index >= 15 is 0 Å². The summed E-state index contributed by atoms with van der Waals surface area (Å²) in [6.07, 6.45) is -6.39. The van der Waals surface area contributed by atoms with Gasteiger partial charge in [-0.1, -0.05) is 0 Å². The van der Waals surface area contributed by atoms with E-state index < -0.39 is 37.6 Å². The lowest BCUT2D eigenvalue weighted by Crippen LogP contribution is -2.46. The van der Waals surface area contributed by atoms with Crippen molar-refractivity contribution in [3.63, 3.8) is 0 Å². The minimum Gasteiger partial charge on any atom is -0.394 e. The molecule has 0 heterocycles. The molecule has 12 heavy (non-hydrogen) atoms. The van der Waals surface area contributed by atoms with Gasteiger partial charge in [0.1, 0.15) is 24.4 Å². The molecule has 74 valence electrons. The standard InChI is InChI=1S/C6H14O6/c7-1-3(9)5(11)6(12)4(10)2-8/h3-12H,1-2H2/t3-,4?,5-,6-/m0/s1/i1+1,2+1,3+1,4+1,5+1,6+1. The Morgan fingerprint density at radius 2 is 0.917 bits per heavy atom. The molecule has 6 heteroatoms. The van der Waals surface area contributed by atoms with Crippen LogP contribution >= 0.6 is 0 Å². The Labute approximate surface area is 69.3 Å². The monoisotopic (exact) mass is 188 g/mol. The molecule has 4 atom stereocenters. The van der Waals surface area contributed by atoms with E-state index in [-0.39, 0.29) is 0 Å². The van der Waals surface area contributed by atoms with Gasteiger partial charge >= 0.3 is 0 Å². The van der Waals surface area contributed by atoms with Crippen molar-refractivity contribution in [2.24, 2.45) is 0 Å². The number of aliphatic hydroxyl groups excluding tert-OH is 6. The lowest BCUT2D eigenvalue weighted by atomic mass is 11.0. The molecule has 0 fully saturated rings. The van der Waals surface area contributed by atoms with Crippen LogP contribution < -0.4 is 0 Å². The van der Waals surface area contributed by atoms with Gasteiger partial charge in [0.2, 0.25) is 0 Å². The third kappa shape index (κ3) is 3.02. The summed E-state index contributed by atoms with van der Waals surface area (Å²) in [6.45, 7) is -1.45. The molecule has 1 unspecified atom stereocenters. The maximum Gasteiger partial charge on any atom is 0.111 e. The molecule has 0 saturated heterocycles. The van der Waals surface area contributed by atoms with E-state index in [1.54, 1.807) is 0 Å². The predicted molar refractivity (Wildman–Crippen MR) is 38.2 cm³/mol. The van der Waals surface area contributed by atoms with Gasteiger partial charge < -0.3 is 30.6 Å². The van der Waals surface area contributed by atoms with Crippen molar-refractivity contribution in [1.29, 1.82) is 0 Å². The Morgan fingerprint density at radius 3 is 1.08 bits per heavy atom. The lowest BCUT2D eigenvalue weighted by Gasteiger charge is -2.24. The molecule has 0 saturated carbocycles. The van der Waals surface area contributed by atoms with E-state index in [1.807, 2.05) is 0 Å². The lowest BCUT2D eigenvalue weighted by molar-refractivity contribution is -0.123. The zero-order valence-electron chi connectivity index (χ0n) is 6.41. The molecular formula is C6H14O6. The summed E-state index contributed by atoms with van der Waals surface area (Å²) in [4.78, 5) is 0. The van der Waals surface area contributed by atoms with Crippen LogP contribution in [0.15, 0.2) is 0 Å². The normalized spacial score (nSPS) is 21.5. The maximum absolute atomic E-state index is 8.96. The maximum atomic E-state index is 8.96. The second-order valence-electron chi connectivity index (χ2n) is 2.48. The summed E-state index contributed by atoms with van der Waals surface area (Å²) in [5, 5.41) is 52.2. The van der Waals surface area contributed by atoms with Crippen molar-refractivity contribution >= 4 is 0 Å². The third-order valence-electron chi connectivity index (χ3n) is 1.51. The molecule has 6 N–H and O–H groups in total. The smallest absolute Gasteiger partial charge is 0.111 e. The van der Waals surface area contributed by atoms with Crippen LogP contribution in [0, 0.1) is 0 Å². The van der Waals surface area contributed by atoms with Gasteiger partial charge in [-0.25, -0.2) is 0 Å². The minimum atomic E-state index is -1.67. The predicted octanol–water partition coefficient (Wildman–Crippen LogP) is -3.59. The van der Waals surface area contributed by atoms with Crippen molar-refractivity contribution in [2.75, 3.05) is 13.2 Å². The fraction of sp³-hybridized carbons (Fsp3) is 1.00. The highest BCUT2D eigenvalue weighted by atomic mass is 16.6. The van der Waals surface area contributed by atoms with Crippen LogP contribution in [0.1, 0.15) is 0 Å². The fourth-order valence-electron chi connectivity index (χ4n) is 0.671. The molecule has 0 spiro atoms. The Morgan fingerprint density at radius 1 is 0.667 bits per heavy atom. The summed E-state index contributed by atoms with van der Waals surface area (Å²) in [6, 6.07) is 0. The molecule has 0 aliphatic rings. The summed E-state index contributed by atoms with van der Waals surface area (Å²) in [7, 11) is 0. The Kier molecular flexibility index (Phi) is 5.31. The summed E-state index contributed by atoms with van der Waals surface area (Å²) >= 11 is 0. The first-order chi connectivity index (χ1) is 5.54. The number of hydrogen-bond donors (Lipinski definition) is 6. The number of hydrogen-bond acceptors (Lipinski definition) is 6. The van der Waals surface area contributed by atoms with E-state index in [0.29, 0.717) is 0 Å². The highest BCUT2D eigenvalue weighted by Crippen LogP contribution is 2.03. The SMILES string of the molecule is O[13CH2][13CH](O)[13C@H](O)[13C@@H](O)[13C@@H](O)[13CH2]O. The van der Waals surface area contributed by atoms with Gasteiger partial charge in [-0.15, -0.1) is 0 Å². The van der Waals surface area contributed by atoms with Gasteiger partial charge in [-0.2, -0.15) is 0 Å². The second-order valence-corrected chi connectivity index (χ2v) is 2.48. The van der Waals surface area contributed by atoms with Crippen molar-refractivity contribution in [1.82, 2.24) is 0 Å². The van der Waals surface area contributed by atoms with Gasteiger partial charge in [0, 0.05) is 0 Å². The average Bonchev–Trinajstić information content (AvgIpc) is 2.12. The van der Waals surface area contributed by atoms with E-state index in [0.717, 1.165) is 0 Å². The molecule has 0 bridgehead atoms. The van der Waals surface area contributed by atoms with E-state index in [4.69, 9.17) is 30.6 Å².